The SMILES string of the molecule is COc1ccccc1-c1c[nH]c2ncc(-c3cc(F)c(NC4CCCC(O)C4)c(C(=O)N(C)C)c3)cc12. The fraction of sp³-hybridized carbons (Fsp3) is 0.310. The standard InChI is InChI=1S/C29H31FN4O3/c1-34(2)29(36)23-11-17(13-25(30)27(23)33-19-7-6-8-20(35)14-19)18-12-22-24(16-32-28(22)31-15-18)21-9-4-5-10-26(21)37-3/h4-5,9-13,15-16,19-20,33,35H,6-8,14H2,1-3H3,(H,31,32). The number of carbonyl (C=O) groups is 1. The number of nitrogens with one attached hydrogen (secondary N) is 2. The molecule has 1 fully saturated rings. The van der Waals surface area contributed by atoms with E-state index in [1.807, 2.05) is 36.5 Å². The molecule has 1 amide bonds. The average molecular weight is 503 g/mol. The molecule has 3 N–H and O–H groups in total. The lowest BCUT2D eigenvalue weighted by molar-refractivity contribution is 0.0828. The van der Waals surface area contributed by atoms with Gasteiger partial charge < -0.3 is 25.0 Å². The molecule has 4 aromatic rings. The van der Waals surface area contributed by atoms with Crippen LogP contribution in [-0.4, -0.2) is 59.2 Å². The highest BCUT2D eigenvalue weighted by Crippen LogP contribution is 2.37. The molecular formula is C29H31FN4O3. The molecule has 0 aliphatic heterocycles. The van der Waals surface area contributed by atoms with Crippen molar-refractivity contribution in [3.8, 4) is 28.0 Å². The summed E-state index contributed by atoms with van der Waals surface area (Å²) in [5, 5.41) is 14.1. The van der Waals surface area contributed by atoms with Crippen LogP contribution in [0.5, 0.6) is 5.75 Å². The molecule has 5 rings (SSSR count). The second-order valence-electron chi connectivity index (χ2n) is 9.76. The first kappa shape index (κ1) is 24.8. The number of aliphatic hydroxyl groups is 1. The number of carbonyl (C=O) groups excluding carboxylic acids is 1. The predicted molar refractivity (Wildman–Crippen MR) is 143 cm³/mol. The maximum absolute atomic E-state index is 15.6. The van der Waals surface area contributed by atoms with E-state index in [2.05, 4.69) is 15.3 Å². The van der Waals surface area contributed by atoms with Gasteiger partial charge in [0, 0.05) is 54.6 Å². The van der Waals surface area contributed by atoms with Crippen molar-refractivity contribution in [2.75, 3.05) is 26.5 Å². The number of aromatic amines is 1. The van der Waals surface area contributed by atoms with E-state index in [1.165, 1.54) is 11.0 Å². The third-order valence-electron chi connectivity index (χ3n) is 6.98. The van der Waals surface area contributed by atoms with E-state index in [0.717, 1.165) is 41.5 Å². The highest BCUT2D eigenvalue weighted by Gasteiger charge is 2.25. The van der Waals surface area contributed by atoms with Crippen LogP contribution in [-0.2, 0) is 0 Å². The maximum Gasteiger partial charge on any atom is 0.255 e. The van der Waals surface area contributed by atoms with Crippen LogP contribution in [0.15, 0.2) is 54.9 Å². The van der Waals surface area contributed by atoms with Gasteiger partial charge in [0.25, 0.3) is 5.91 Å². The van der Waals surface area contributed by atoms with Crippen LogP contribution < -0.4 is 10.1 Å². The zero-order valence-electron chi connectivity index (χ0n) is 21.2. The molecule has 7 nitrogen and oxygen atoms in total. The molecule has 2 aromatic heterocycles. The highest BCUT2D eigenvalue weighted by atomic mass is 19.1. The van der Waals surface area contributed by atoms with Gasteiger partial charge in [0.05, 0.1) is 24.5 Å². The number of para-hydroxylation sites is 1. The molecule has 0 spiro atoms. The van der Waals surface area contributed by atoms with Gasteiger partial charge in [-0.1, -0.05) is 18.2 Å². The van der Waals surface area contributed by atoms with Crippen molar-refractivity contribution in [2.45, 2.75) is 37.8 Å². The number of benzene rings is 2. The molecule has 37 heavy (non-hydrogen) atoms. The van der Waals surface area contributed by atoms with Crippen molar-refractivity contribution in [1.82, 2.24) is 14.9 Å². The Kier molecular flexibility index (Phi) is 6.84. The van der Waals surface area contributed by atoms with E-state index in [4.69, 9.17) is 4.74 Å². The third-order valence-corrected chi connectivity index (χ3v) is 6.98. The Balaban J connectivity index is 1.59. The maximum atomic E-state index is 15.6. The minimum Gasteiger partial charge on any atom is -0.496 e. The Hall–Kier alpha value is -3.91. The van der Waals surface area contributed by atoms with Crippen molar-refractivity contribution >= 4 is 22.6 Å². The number of aliphatic hydroxyl groups excluding tert-OH is 1. The summed E-state index contributed by atoms with van der Waals surface area (Å²) in [6.45, 7) is 0. The second-order valence-corrected chi connectivity index (χ2v) is 9.76. The number of pyridine rings is 1. The summed E-state index contributed by atoms with van der Waals surface area (Å²) in [5.74, 6) is -0.0751. The van der Waals surface area contributed by atoms with E-state index >= 15 is 4.39 Å². The van der Waals surface area contributed by atoms with Crippen LogP contribution >= 0.6 is 0 Å². The fourth-order valence-corrected chi connectivity index (χ4v) is 5.08. The summed E-state index contributed by atoms with van der Waals surface area (Å²) in [7, 11) is 4.93. The van der Waals surface area contributed by atoms with E-state index < -0.39 is 11.9 Å². The van der Waals surface area contributed by atoms with Crippen molar-refractivity contribution in [3.05, 3.63) is 66.2 Å². The molecule has 0 saturated heterocycles. The number of methoxy groups -OCH3 is 1. The molecule has 2 aromatic carbocycles. The number of hydrogen-bond acceptors (Lipinski definition) is 5. The van der Waals surface area contributed by atoms with Gasteiger partial charge in [0.2, 0.25) is 0 Å². The van der Waals surface area contributed by atoms with Gasteiger partial charge in [-0.25, -0.2) is 9.37 Å². The first-order chi connectivity index (χ1) is 17.9. The number of rotatable bonds is 6. The van der Waals surface area contributed by atoms with E-state index in [0.29, 0.717) is 23.2 Å². The van der Waals surface area contributed by atoms with E-state index in [-0.39, 0.29) is 23.2 Å². The molecule has 8 heteroatoms. The lowest BCUT2D eigenvalue weighted by atomic mass is 9.92. The Bertz CT molecular complexity index is 1450. The topological polar surface area (TPSA) is 90.5 Å². The third kappa shape index (κ3) is 4.89. The molecule has 1 saturated carbocycles. The molecule has 1 aliphatic carbocycles. The first-order valence-electron chi connectivity index (χ1n) is 12.5. The van der Waals surface area contributed by atoms with Gasteiger partial charge in [-0.15, -0.1) is 0 Å². The number of nitrogens with zero attached hydrogens (tertiary/aromatic N) is 2. The summed E-state index contributed by atoms with van der Waals surface area (Å²) in [6.07, 6.45) is 6.07. The lowest BCUT2D eigenvalue weighted by Gasteiger charge is -2.29. The summed E-state index contributed by atoms with van der Waals surface area (Å²) in [5.41, 5.74) is 4.20. The molecule has 0 bridgehead atoms. The van der Waals surface area contributed by atoms with Crippen LogP contribution in [0.25, 0.3) is 33.3 Å². The number of aromatic nitrogens is 2. The van der Waals surface area contributed by atoms with Gasteiger partial charge >= 0.3 is 0 Å². The summed E-state index contributed by atoms with van der Waals surface area (Å²) in [6, 6.07) is 12.7. The zero-order chi connectivity index (χ0) is 26.1. The number of H-pyrrole nitrogens is 1. The Morgan fingerprint density at radius 2 is 1.97 bits per heavy atom. The summed E-state index contributed by atoms with van der Waals surface area (Å²) >= 11 is 0. The van der Waals surface area contributed by atoms with Crippen molar-refractivity contribution in [3.63, 3.8) is 0 Å². The van der Waals surface area contributed by atoms with Gasteiger partial charge in [-0.3, -0.25) is 4.79 Å². The van der Waals surface area contributed by atoms with Gasteiger partial charge in [-0.2, -0.15) is 0 Å². The van der Waals surface area contributed by atoms with Gasteiger partial charge in [-0.05, 0) is 55.5 Å². The monoisotopic (exact) mass is 502 g/mol. The summed E-state index contributed by atoms with van der Waals surface area (Å²) < 4.78 is 21.2. The molecule has 2 unspecified atom stereocenters. The molecule has 2 heterocycles. The largest absolute Gasteiger partial charge is 0.496 e. The quantitative estimate of drug-likeness (QED) is 0.326. The van der Waals surface area contributed by atoms with Gasteiger partial charge in [0.1, 0.15) is 17.2 Å². The van der Waals surface area contributed by atoms with Crippen LogP contribution in [0.4, 0.5) is 10.1 Å². The average Bonchev–Trinajstić information content (AvgIpc) is 3.32. The summed E-state index contributed by atoms with van der Waals surface area (Å²) in [4.78, 5) is 22.3. The normalized spacial score (nSPS) is 17.5. The number of halogens is 1. The van der Waals surface area contributed by atoms with Crippen LogP contribution in [0.3, 0.4) is 0 Å². The minimum atomic E-state index is -0.512. The number of ether oxygens (including phenoxy) is 1. The number of amides is 1. The molecular weight excluding hydrogens is 471 g/mol. The highest BCUT2D eigenvalue weighted by molar-refractivity contribution is 6.02. The Labute approximate surface area is 215 Å². The fourth-order valence-electron chi connectivity index (χ4n) is 5.08. The first-order valence-corrected chi connectivity index (χ1v) is 12.5. The Morgan fingerprint density at radius 1 is 1.16 bits per heavy atom. The van der Waals surface area contributed by atoms with E-state index in [9.17, 15) is 9.90 Å². The molecule has 2 atom stereocenters. The number of fused-ring (bicyclic) bond motifs is 1. The van der Waals surface area contributed by atoms with Crippen molar-refractivity contribution < 1.29 is 19.0 Å². The Morgan fingerprint density at radius 3 is 2.73 bits per heavy atom. The lowest BCUT2D eigenvalue weighted by Crippen LogP contribution is -2.32. The molecule has 0 radical (unpaired) electrons. The van der Waals surface area contributed by atoms with Crippen molar-refractivity contribution in [2.24, 2.45) is 0 Å². The number of anilines is 1. The van der Waals surface area contributed by atoms with E-state index in [1.54, 1.807) is 33.5 Å². The smallest absolute Gasteiger partial charge is 0.255 e. The number of hydrogen-bond donors (Lipinski definition) is 3. The minimum absolute atomic E-state index is 0.0981. The van der Waals surface area contributed by atoms with Gasteiger partial charge in [0.15, 0.2) is 0 Å². The zero-order valence-corrected chi connectivity index (χ0v) is 21.2. The molecule has 192 valence electrons. The van der Waals surface area contributed by atoms with Crippen LogP contribution in [0.2, 0.25) is 0 Å². The van der Waals surface area contributed by atoms with Crippen LogP contribution in [0, 0.1) is 5.82 Å². The van der Waals surface area contributed by atoms with Crippen molar-refractivity contribution in [1.29, 1.82) is 0 Å². The van der Waals surface area contributed by atoms with Crippen LogP contribution in [0.1, 0.15) is 36.0 Å². The predicted octanol–water partition coefficient (Wildman–Crippen LogP) is 5.46. The second kappa shape index (κ2) is 10.2. The molecule has 1 aliphatic rings.